The fourth-order valence-electron chi connectivity index (χ4n) is 2.48. The molecule has 0 bridgehead atoms. The van der Waals surface area contributed by atoms with Crippen LogP contribution >= 0.6 is 0 Å². The van der Waals surface area contributed by atoms with Gasteiger partial charge in [0.05, 0.1) is 6.04 Å². The Labute approximate surface area is 103 Å². The van der Waals surface area contributed by atoms with Gasteiger partial charge in [-0.1, -0.05) is 36.8 Å². The first kappa shape index (κ1) is 12.1. The minimum Gasteiger partial charge on any atom is -0.368 e. The number of primary amides is 1. The predicted octanol–water partition coefficient (Wildman–Crippen LogP) is 1.57. The summed E-state index contributed by atoms with van der Waals surface area (Å²) in [5, 5.41) is 0. The van der Waals surface area contributed by atoms with Crippen molar-refractivity contribution in [3.05, 3.63) is 35.9 Å². The monoisotopic (exact) mass is 232 g/mol. The molecular formula is C14H20N2O. The second-order valence-electron chi connectivity index (χ2n) is 4.70. The lowest BCUT2D eigenvalue weighted by molar-refractivity contribution is -0.123. The Balaban J connectivity index is 2.04. The highest BCUT2D eigenvalue weighted by atomic mass is 16.1. The number of hydrogen-bond donors (Lipinski definition) is 1. The Kier molecular flexibility index (Phi) is 4.15. The van der Waals surface area contributed by atoms with Gasteiger partial charge in [0.15, 0.2) is 0 Å². The summed E-state index contributed by atoms with van der Waals surface area (Å²) in [5.41, 5.74) is 6.72. The van der Waals surface area contributed by atoms with E-state index in [4.69, 9.17) is 5.73 Å². The summed E-state index contributed by atoms with van der Waals surface area (Å²) in [7, 11) is 0. The Hall–Kier alpha value is -1.35. The molecule has 0 aliphatic carbocycles. The van der Waals surface area contributed by atoms with Crippen molar-refractivity contribution in [2.45, 2.75) is 31.7 Å². The molecule has 0 saturated carbocycles. The highest BCUT2D eigenvalue weighted by molar-refractivity contribution is 5.80. The first-order chi connectivity index (χ1) is 8.27. The van der Waals surface area contributed by atoms with Crippen molar-refractivity contribution in [2.24, 2.45) is 5.73 Å². The summed E-state index contributed by atoms with van der Waals surface area (Å²) in [6, 6.07) is 9.97. The van der Waals surface area contributed by atoms with Crippen molar-refractivity contribution < 1.29 is 4.79 Å². The van der Waals surface area contributed by atoms with Crippen LogP contribution in [-0.2, 0) is 11.2 Å². The van der Waals surface area contributed by atoms with Crippen LogP contribution in [0.3, 0.4) is 0 Å². The Morgan fingerprint density at radius 1 is 1.18 bits per heavy atom. The fourth-order valence-corrected chi connectivity index (χ4v) is 2.48. The van der Waals surface area contributed by atoms with E-state index < -0.39 is 0 Å². The molecule has 1 atom stereocenters. The Bertz CT molecular complexity index is 358. The largest absolute Gasteiger partial charge is 0.368 e. The molecule has 1 amide bonds. The van der Waals surface area contributed by atoms with E-state index in [9.17, 15) is 4.79 Å². The Morgan fingerprint density at radius 3 is 2.41 bits per heavy atom. The molecule has 0 radical (unpaired) electrons. The van der Waals surface area contributed by atoms with Crippen molar-refractivity contribution in [3.8, 4) is 0 Å². The van der Waals surface area contributed by atoms with Crippen LogP contribution in [0, 0.1) is 0 Å². The van der Waals surface area contributed by atoms with Crippen molar-refractivity contribution in [2.75, 3.05) is 13.1 Å². The summed E-state index contributed by atoms with van der Waals surface area (Å²) >= 11 is 0. The van der Waals surface area contributed by atoms with Gasteiger partial charge in [0.2, 0.25) is 5.91 Å². The van der Waals surface area contributed by atoms with Gasteiger partial charge >= 0.3 is 0 Å². The average molecular weight is 232 g/mol. The molecule has 1 aliphatic rings. The SMILES string of the molecule is NC(=O)[C@@H](Cc1ccccc1)N1CCCCC1. The van der Waals surface area contributed by atoms with Gasteiger partial charge in [0.1, 0.15) is 0 Å². The summed E-state index contributed by atoms with van der Waals surface area (Å²) in [5.74, 6) is -0.198. The minimum absolute atomic E-state index is 0.141. The van der Waals surface area contributed by atoms with E-state index >= 15 is 0 Å². The van der Waals surface area contributed by atoms with E-state index in [1.165, 1.54) is 24.8 Å². The molecule has 2 rings (SSSR count). The maximum atomic E-state index is 11.6. The van der Waals surface area contributed by atoms with E-state index in [2.05, 4.69) is 17.0 Å². The number of benzene rings is 1. The van der Waals surface area contributed by atoms with Crippen molar-refractivity contribution >= 4 is 5.91 Å². The van der Waals surface area contributed by atoms with Gasteiger partial charge in [-0.15, -0.1) is 0 Å². The van der Waals surface area contributed by atoms with Crippen LogP contribution in [0.1, 0.15) is 24.8 Å². The van der Waals surface area contributed by atoms with Crippen LogP contribution in [0.25, 0.3) is 0 Å². The molecule has 1 saturated heterocycles. The molecule has 1 aliphatic heterocycles. The molecule has 92 valence electrons. The van der Waals surface area contributed by atoms with Gasteiger partial charge < -0.3 is 5.73 Å². The number of amides is 1. The molecule has 1 aromatic carbocycles. The molecule has 0 aromatic heterocycles. The second kappa shape index (κ2) is 5.82. The maximum absolute atomic E-state index is 11.6. The summed E-state index contributed by atoms with van der Waals surface area (Å²) in [6.45, 7) is 2.00. The number of hydrogen-bond acceptors (Lipinski definition) is 2. The van der Waals surface area contributed by atoms with Gasteiger partial charge in [0.25, 0.3) is 0 Å². The highest BCUT2D eigenvalue weighted by Crippen LogP contribution is 2.15. The quantitative estimate of drug-likeness (QED) is 0.856. The average Bonchev–Trinajstić information content (AvgIpc) is 2.38. The summed E-state index contributed by atoms with van der Waals surface area (Å²) in [6.07, 6.45) is 4.36. The zero-order valence-electron chi connectivity index (χ0n) is 10.1. The van der Waals surface area contributed by atoms with Crippen LogP contribution in [0.2, 0.25) is 0 Å². The van der Waals surface area contributed by atoms with Gasteiger partial charge in [0, 0.05) is 0 Å². The maximum Gasteiger partial charge on any atom is 0.235 e. The van der Waals surface area contributed by atoms with E-state index in [0.717, 1.165) is 19.5 Å². The van der Waals surface area contributed by atoms with E-state index in [1.807, 2.05) is 18.2 Å². The van der Waals surface area contributed by atoms with Crippen molar-refractivity contribution in [1.29, 1.82) is 0 Å². The molecule has 2 N–H and O–H groups in total. The normalized spacial score (nSPS) is 18.8. The van der Waals surface area contributed by atoms with Gasteiger partial charge in [-0.3, -0.25) is 9.69 Å². The van der Waals surface area contributed by atoms with Crippen molar-refractivity contribution in [1.82, 2.24) is 4.90 Å². The molecule has 1 heterocycles. The molecule has 3 heteroatoms. The first-order valence-corrected chi connectivity index (χ1v) is 6.34. The van der Waals surface area contributed by atoms with Crippen LogP contribution in [0.5, 0.6) is 0 Å². The van der Waals surface area contributed by atoms with Gasteiger partial charge in [-0.2, -0.15) is 0 Å². The van der Waals surface area contributed by atoms with E-state index in [1.54, 1.807) is 0 Å². The van der Waals surface area contributed by atoms with Gasteiger partial charge in [-0.25, -0.2) is 0 Å². The van der Waals surface area contributed by atoms with E-state index in [0.29, 0.717) is 0 Å². The number of nitrogens with two attached hydrogens (primary N) is 1. The summed E-state index contributed by atoms with van der Waals surface area (Å²) in [4.78, 5) is 13.8. The first-order valence-electron chi connectivity index (χ1n) is 6.34. The molecular weight excluding hydrogens is 212 g/mol. The lowest BCUT2D eigenvalue weighted by atomic mass is 10.0. The molecule has 0 spiro atoms. The lowest BCUT2D eigenvalue weighted by Gasteiger charge is -2.32. The number of carbonyl (C=O) groups is 1. The molecule has 1 fully saturated rings. The second-order valence-corrected chi connectivity index (χ2v) is 4.70. The zero-order valence-corrected chi connectivity index (χ0v) is 10.1. The predicted molar refractivity (Wildman–Crippen MR) is 68.6 cm³/mol. The third-order valence-corrected chi connectivity index (χ3v) is 3.43. The molecule has 17 heavy (non-hydrogen) atoms. The topological polar surface area (TPSA) is 46.3 Å². The fraction of sp³-hybridized carbons (Fsp3) is 0.500. The van der Waals surface area contributed by atoms with Gasteiger partial charge in [-0.05, 0) is 37.9 Å². The number of nitrogens with zero attached hydrogens (tertiary/aromatic N) is 1. The highest BCUT2D eigenvalue weighted by Gasteiger charge is 2.25. The number of likely N-dealkylation sites (tertiary alicyclic amines) is 1. The number of carbonyl (C=O) groups excluding carboxylic acids is 1. The van der Waals surface area contributed by atoms with Crippen LogP contribution in [-0.4, -0.2) is 29.9 Å². The Morgan fingerprint density at radius 2 is 1.82 bits per heavy atom. The molecule has 1 aromatic rings. The molecule has 0 unspecified atom stereocenters. The summed E-state index contributed by atoms with van der Waals surface area (Å²) < 4.78 is 0. The van der Waals surface area contributed by atoms with Crippen LogP contribution in [0.15, 0.2) is 30.3 Å². The minimum atomic E-state index is -0.198. The third kappa shape index (κ3) is 3.30. The third-order valence-electron chi connectivity index (χ3n) is 3.43. The van der Waals surface area contributed by atoms with E-state index in [-0.39, 0.29) is 11.9 Å². The zero-order chi connectivity index (χ0) is 12.1. The molecule has 3 nitrogen and oxygen atoms in total. The standard InChI is InChI=1S/C14H20N2O/c15-14(17)13(16-9-5-2-6-10-16)11-12-7-3-1-4-8-12/h1,3-4,7-8,13H,2,5-6,9-11H2,(H2,15,17)/t13-/m1/s1. The van der Waals surface area contributed by atoms with Crippen molar-refractivity contribution in [3.63, 3.8) is 0 Å². The number of rotatable bonds is 4. The number of piperidine rings is 1. The smallest absolute Gasteiger partial charge is 0.235 e. The lowest BCUT2D eigenvalue weighted by Crippen LogP contribution is -2.48. The van der Waals surface area contributed by atoms with Crippen LogP contribution in [0.4, 0.5) is 0 Å². The van der Waals surface area contributed by atoms with Crippen LogP contribution < -0.4 is 5.73 Å².